The van der Waals surface area contributed by atoms with Crippen molar-refractivity contribution in [1.29, 1.82) is 0 Å². The second kappa shape index (κ2) is 6.44. The summed E-state index contributed by atoms with van der Waals surface area (Å²) in [5.74, 6) is 6.41. The van der Waals surface area contributed by atoms with Gasteiger partial charge in [-0.15, -0.1) is 0 Å². The highest BCUT2D eigenvalue weighted by Gasteiger charge is 2.42. The van der Waals surface area contributed by atoms with Crippen molar-refractivity contribution in [2.24, 2.45) is 11.8 Å². The third-order valence-electron chi connectivity index (χ3n) is 5.08. The van der Waals surface area contributed by atoms with Crippen LogP contribution in [0, 0.1) is 12.8 Å². The molecule has 0 bridgehead atoms. The van der Waals surface area contributed by atoms with Gasteiger partial charge in [-0.3, -0.25) is 11.3 Å². The molecule has 4 nitrogen and oxygen atoms in total. The molecule has 2 aliphatic rings. The van der Waals surface area contributed by atoms with Crippen LogP contribution in [0.15, 0.2) is 24.3 Å². The van der Waals surface area contributed by atoms with Gasteiger partial charge in [0.2, 0.25) is 0 Å². The van der Waals surface area contributed by atoms with Gasteiger partial charge in [-0.2, -0.15) is 0 Å². The van der Waals surface area contributed by atoms with Crippen LogP contribution in [-0.4, -0.2) is 31.5 Å². The zero-order valence-corrected chi connectivity index (χ0v) is 12.8. The number of nitrogens with one attached hydrogen (secondary N) is 1. The molecule has 2 fully saturated rings. The molecule has 2 saturated heterocycles. The molecular formula is C17H26N2O2. The molecule has 3 N–H and O–H groups in total. The Bertz CT molecular complexity index is 472. The van der Waals surface area contributed by atoms with Crippen molar-refractivity contribution in [1.82, 2.24) is 5.43 Å². The van der Waals surface area contributed by atoms with Gasteiger partial charge in [0.25, 0.3) is 0 Å². The molecule has 1 aromatic carbocycles. The van der Waals surface area contributed by atoms with Crippen LogP contribution in [-0.2, 0) is 15.9 Å². The molecule has 116 valence electrons. The van der Waals surface area contributed by atoms with Crippen LogP contribution in [0.5, 0.6) is 0 Å². The minimum absolute atomic E-state index is 0.0518. The highest BCUT2D eigenvalue weighted by atomic mass is 16.6. The van der Waals surface area contributed by atoms with Gasteiger partial charge in [0.05, 0.1) is 12.2 Å². The van der Waals surface area contributed by atoms with Crippen LogP contribution >= 0.6 is 0 Å². The second-order valence-electron chi connectivity index (χ2n) is 6.49. The number of aryl methyl sites for hydroxylation is 1. The fourth-order valence-electron chi connectivity index (χ4n) is 3.71. The number of hydrogen-bond donors (Lipinski definition) is 2. The van der Waals surface area contributed by atoms with Gasteiger partial charge in [-0.05, 0) is 43.2 Å². The van der Waals surface area contributed by atoms with Gasteiger partial charge in [0, 0.05) is 25.7 Å². The van der Waals surface area contributed by atoms with Gasteiger partial charge in [0.15, 0.2) is 0 Å². The van der Waals surface area contributed by atoms with Gasteiger partial charge in [0.1, 0.15) is 0 Å². The first-order valence-corrected chi connectivity index (χ1v) is 7.95. The van der Waals surface area contributed by atoms with Crippen molar-refractivity contribution in [3.05, 3.63) is 35.4 Å². The summed E-state index contributed by atoms with van der Waals surface area (Å²) < 4.78 is 11.6. The number of hydrazine groups is 1. The highest BCUT2D eigenvalue weighted by Crippen LogP contribution is 2.37. The summed E-state index contributed by atoms with van der Waals surface area (Å²) >= 11 is 0. The van der Waals surface area contributed by atoms with Crippen LogP contribution < -0.4 is 11.3 Å². The van der Waals surface area contributed by atoms with E-state index in [1.54, 1.807) is 0 Å². The summed E-state index contributed by atoms with van der Waals surface area (Å²) in [6, 6.07) is 8.86. The molecule has 1 spiro atoms. The van der Waals surface area contributed by atoms with Gasteiger partial charge < -0.3 is 9.47 Å². The third kappa shape index (κ3) is 3.29. The molecular weight excluding hydrogens is 264 g/mol. The number of ether oxygens (including phenoxy) is 2. The quantitative estimate of drug-likeness (QED) is 0.657. The monoisotopic (exact) mass is 290 g/mol. The average molecular weight is 290 g/mol. The zero-order chi connectivity index (χ0) is 14.7. The van der Waals surface area contributed by atoms with E-state index in [1.165, 1.54) is 11.1 Å². The maximum absolute atomic E-state index is 6.03. The van der Waals surface area contributed by atoms with E-state index >= 15 is 0 Å². The molecule has 3 unspecified atom stereocenters. The Labute approximate surface area is 127 Å². The van der Waals surface area contributed by atoms with Crippen molar-refractivity contribution in [3.8, 4) is 0 Å². The number of rotatable bonds is 4. The van der Waals surface area contributed by atoms with Crippen LogP contribution in [0.2, 0.25) is 0 Å². The van der Waals surface area contributed by atoms with Crippen molar-refractivity contribution in [3.63, 3.8) is 0 Å². The minimum atomic E-state index is -0.0518. The molecule has 2 aliphatic heterocycles. The van der Waals surface area contributed by atoms with E-state index in [0.29, 0.717) is 12.0 Å². The summed E-state index contributed by atoms with van der Waals surface area (Å²) in [6.07, 6.45) is 4.12. The molecule has 1 aromatic rings. The van der Waals surface area contributed by atoms with E-state index in [9.17, 15) is 0 Å². The molecule has 21 heavy (non-hydrogen) atoms. The molecule has 0 aliphatic carbocycles. The first-order valence-electron chi connectivity index (χ1n) is 7.95. The molecule has 2 heterocycles. The summed E-state index contributed by atoms with van der Waals surface area (Å²) in [5.41, 5.74) is 5.72. The van der Waals surface area contributed by atoms with E-state index in [1.807, 2.05) is 0 Å². The Balaban J connectivity index is 1.69. The Hall–Kier alpha value is -0.940. The van der Waals surface area contributed by atoms with Crippen LogP contribution in [0.4, 0.5) is 0 Å². The normalized spacial score (nSPS) is 30.7. The lowest BCUT2D eigenvalue weighted by Crippen LogP contribution is -2.50. The molecule has 0 amide bonds. The van der Waals surface area contributed by atoms with Gasteiger partial charge in [-0.25, -0.2) is 0 Å². The third-order valence-corrected chi connectivity index (χ3v) is 5.08. The smallest absolute Gasteiger partial charge is 0.0939 e. The second-order valence-corrected chi connectivity index (χ2v) is 6.49. The summed E-state index contributed by atoms with van der Waals surface area (Å²) in [6.45, 7) is 4.55. The maximum atomic E-state index is 6.03. The maximum Gasteiger partial charge on any atom is 0.0939 e. The van der Waals surface area contributed by atoms with E-state index in [2.05, 4.69) is 36.6 Å². The molecule has 0 aromatic heterocycles. The van der Waals surface area contributed by atoms with E-state index in [0.717, 1.165) is 45.5 Å². The van der Waals surface area contributed by atoms with E-state index in [-0.39, 0.29) is 5.60 Å². The van der Waals surface area contributed by atoms with E-state index in [4.69, 9.17) is 15.3 Å². The highest BCUT2D eigenvalue weighted by molar-refractivity contribution is 5.26. The SMILES string of the molecule is Cc1ccccc1CC(NN)C1CCOC2(CCOC2)C1. The standard InChI is InChI=1S/C17H26N2O2/c1-13-4-2-3-5-14(13)10-16(19-18)15-6-8-21-17(11-15)7-9-20-12-17/h2-5,15-16,19H,6-12,18H2,1H3. The lowest BCUT2D eigenvalue weighted by molar-refractivity contribution is -0.103. The lowest BCUT2D eigenvalue weighted by Gasteiger charge is -2.40. The predicted octanol–water partition coefficient (Wildman–Crippen LogP) is 1.96. The number of benzene rings is 1. The molecule has 3 rings (SSSR count). The number of hydrogen-bond acceptors (Lipinski definition) is 4. The molecule has 0 radical (unpaired) electrons. The van der Waals surface area contributed by atoms with Crippen LogP contribution in [0.3, 0.4) is 0 Å². The van der Waals surface area contributed by atoms with Crippen molar-refractivity contribution >= 4 is 0 Å². The first-order chi connectivity index (χ1) is 10.2. The predicted molar refractivity (Wildman–Crippen MR) is 82.8 cm³/mol. The largest absolute Gasteiger partial charge is 0.378 e. The zero-order valence-electron chi connectivity index (χ0n) is 12.8. The minimum Gasteiger partial charge on any atom is -0.378 e. The molecule has 3 atom stereocenters. The topological polar surface area (TPSA) is 56.5 Å². The average Bonchev–Trinajstić information content (AvgIpc) is 2.94. The van der Waals surface area contributed by atoms with Gasteiger partial charge in [-0.1, -0.05) is 24.3 Å². The molecule has 4 heteroatoms. The fourth-order valence-corrected chi connectivity index (χ4v) is 3.71. The summed E-state index contributed by atoms with van der Waals surface area (Å²) in [7, 11) is 0. The Morgan fingerprint density at radius 2 is 2.24 bits per heavy atom. The van der Waals surface area contributed by atoms with Crippen LogP contribution in [0.25, 0.3) is 0 Å². The Kier molecular flexibility index (Phi) is 4.60. The first kappa shape index (κ1) is 15.0. The molecule has 0 saturated carbocycles. The van der Waals surface area contributed by atoms with E-state index < -0.39 is 0 Å². The summed E-state index contributed by atoms with van der Waals surface area (Å²) in [4.78, 5) is 0. The Morgan fingerprint density at radius 1 is 1.38 bits per heavy atom. The van der Waals surface area contributed by atoms with Crippen LogP contribution in [0.1, 0.15) is 30.4 Å². The summed E-state index contributed by atoms with van der Waals surface area (Å²) in [5, 5.41) is 0. The number of nitrogens with two attached hydrogens (primary N) is 1. The Morgan fingerprint density at radius 3 is 2.95 bits per heavy atom. The van der Waals surface area contributed by atoms with Gasteiger partial charge >= 0.3 is 0 Å². The van der Waals surface area contributed by atoms with Crippen molar-refractivity contribution < 1.29 is 9.47 Å². The van der Waals surface area contributed by atoms with Crippen molar-refractivity contribution in [2.75, 3.05) is 19.8 Å². The van der Waals surface area contributed by atoms with Crippen molar-refractivity contribution in [2.45, 2.75) is 44.2 Å². The lowest BCUT2D eigenvalue weighted by atomic mass is 9.79. The fraction of sp³-hybridized carbons (Fsp3) is 0.647.